The smallest absolute Gasteiger partial charge is 0.458 e. The largest absolute Gasteiger partial charge is 0.494 e. The average molecular weight is 424 g/mol. The quantitative estimate of drug-likeness (QED) is 0.376. The highest BCUT2D eigenvalue weighted by molar-refractivity contribution is 6.62. The van der Waals surface area contributed by atoms with Crippen molar-refractivity contribution in [1.82, 2.24) is 0 Å². The van der Waals surface area contributed by atoms with Crippen molar-refractivity contribution >= 4 is 18.6 Å². The number of hydrogen-bond acceptors (Lipinski definition) is 4. The Bertz CT molecular complexity index is 837. The molecule has 168 valence electrons. The van der Waals surface area contributed by atoms with Gasteiger partial charge in [-0.3, -0.25) is 0 Å². The van der Waals surface area contributed by atoms with E-state index in [2.05, 4.69) is 59.4 Å². The van der Waals surface area contributed by atoms with E-state index in [0.717, 1.165) is 18.3 Å². The molecule has 1 saturated carbocycles. The molecule has 2 fully saturated rings. The summed E-state index contributed by atoms with van der Waals surface area (Å²) >= 11 is 0. The summed E-state index contributed by atoms with van der Waals surface area (Å²) in [5.41, 5.74) is 3.40. The average Bonchev–Trinajstić information content (AvgIpc) is 3.14. The molecule has 4 rings (SSSR count). The number of fused-ring (bicyclic) bond motifs is 1. The first-order valence-corrected chi connectivity index (χ1v) is 11.9. The molecule has 5 heteroatoms. The zero-order chi connectivity index (χ0) is 22.4. The third kappa shape index (κ3) is 4.49. The Morgan fingerprint density at radius 2 is 1.77 bits per heavy atom. The molecule has 4 nitrogen and oxygen atoms in total. The van der Waals surface area contributed by atoms with Crippen molar-refractivity contribution < 1.29 is 18.8 Å². The van der Waals surface area contributed by atoms with Gasteiger partial charge in [0.2, 0.25) is 0 Å². The van der Waals surface area contributed by atoms with E-state index in [9.17, 15) is 4.79 Å². The van der Waals surface area contributed by atoms with E-state index in [1.165, 1.54) is 43.2 Å². The molecule has 0 spiro atoms. The van der Waals surface area contributed by atoms with Crippen LogP contribution in [0.3, 0.4) is 0 Å². The first-order valence-electron chi connectivity index (χ1n) is 11.9. The summed E-state index contributed by atoms with van der Waals surface area (Å²) in [5.74, 6) is 0.514. The van der Waals surface area contributed by atoms with Gasteiger partial charge >= 0.3 is 13.1 Å². The first-order chi connectivity index (χ1) is 14.6. The van der Waals surface area contributed by atoms with E-state index in [1.54, 1.807) is 0 Å². The maximum atomic E-state index is 12.7. The molecule has 1 aromatic rings. The molecule has 2 aliphatic carbocycles. The molecule has 1 aliphatic heterocycles. The number of hydrogen-bond donors (Lipinski definition) is 0. The minimum Gasteiger partial charge on any atom is -0.458 e. The van der Waals surface area contributed by atoms with Crippen LogP contribution in [0.15, 0.2) is 30.4 Å². The minimum absolute atomic E-state index is 0.140. The predicted octanol–water partition coefficient (Wildman–Crippen LogP) is 5.08. The summed E-state index contributed by atoms with van der Waals surface area (Å²) in [6, 6.07) is 6.39. The molecule has 0 aromatic heterocycles. The number of benzene rings is 1. The number of carbonyl (C=O) groups is 1. The van der Waals surface area contributed by atoms with E-state index in [1.807, 2.05) is 0 Å². The van der Waals surface area contributed by atoms with Crippen LogP contribution in [0.25, 0.3) is 0 Å². The van der Waals surface area contributed by atoms with Gasteiger partial charge < -0.3 is 14.0 Å². The van der Waals surface area contributed by atoms with Crippen molar-refractivity contribution in [3.63, 3.8) is 0 Å². The third-order valence-electron chi connectivity index (χ3n) is 7.97. The zero-order valence-electron chi connectivity index (χ0n) is 19.8. The molecular weight excluding hydrogens is 387 g/mol. The molecular formula is C26H37BO4. The third-order valence-corrected chi connectivity index (χ3v) is 7.97. The molecule has 2 atom stereocenters. The van der Waals surface area contributed by atoms with Gasteiger partial charge in [-0.15, -0.1) is 0 Å². The van der Waals surface area contributed by atoms with Gasteiger partial charge in [0.15, 0.2) is 0 Å². The fraction of sp³-hybridized carbons (Fsp3) is 0.654. The van der Waals surface area contributed by atoms with Gasteiger partial charge in [-0.1, -0.05) is 63.8 Å². The molecule has 0 radical (unpaired) electrons. The van der Waals surface area contributed by atoms with Crippen LogP contribution in [0.2, 0.25) is 0 Å². The van der Waals surface area contributed by atoms with Gasteiger partial charge in [0.25, 0.3) is 0 Å². The predicted molar refractivity (Wildman–Crippen MR) is 124 cm³/mol. The summed E-state index contributed by atoms with van der Waals surface area (Å²) in [6.07, 6.45) is 7.67. The molecule has 0 amide bonds. The molecule has 1 heterocycles. The molecule has 3 aliphatic rings. The lowest BCUT2D eigenvalue weighted by atomic mass is 9.77. The Balaban J connectivity index is 1.40. The number of rotatable bonds is 5. The van der Waals surface area contributed by atoms with Gasteiger partial charge in [-0.05, 0) is 56.6 Å². The van der Waals surface area contributed by atoms with Crippen LogP contribution < -0.4 is 5.46 Å². The van der Waals surface area contributed by atoms with E-state index < -0.39 is 0 Å². The van der Waals surface area contributed by atoms with Gasteiger partial charge in [0, 0.05) is 17.9 Å². The molecule has 0 bridgehead atoms. The van der Waals surface area contributed by atoms with Crippen molar-refractivity contribution in [2.75, 3.05) is 0 Å². The van der Waals surface area contributed by atoms with Crippen LogP contribution in [0.1, 0.15) is 90.2 Å². The fourth-order valence-corrected chi connectivity index (χ4v) is 5.13. The maximum absolute atomic E-state index is 12.7. The van der Waals surface area contributed by atoms with Crippen LogP contribution in [-0.2, 0) is 25.3 Å². The Hall–Kier alpha value is -1.59. The lowest BCUT2D eigenvalue weighted by Gasteiger charge is -2.32. The topological polar surface area (TPSA) is 44.8 Å². The maximum Gasteiger partial charge on any atom is 0.494 e. The van der Waals surface area contributed by atoms with Gasteiger partial charge in [-0.25, -0.2) is 4.79 Å². The van der Waals surface area contributed by atoms with Crippen molar-refractivity contribution in [2.45, 2.75) is 103 Å². The van der Waals surface area contributed by atoms with Gasteiger partial charge in [0.1, 0.15) is 6.10 Å². The van der Waals surface area contributed by atoms with Crippen molar-refractivity contribution in [3.8, 4) is 0 Å². The van der Waals surface area contributed by atoms with E-state index >= 15 is 0 Å². The van der Waals surface area contributed by atoms with Crippen molar-refractivity contribution in [1.29, 1.82) is 0 Å². The van der Waals surface area contributed by atoms with Crippen molar-refractivity contribution in [3.05, 3.63) is 41.5 Å². The molecule has 0 N–H and O–H groups in total. The van der Waals surface area contributed by atoms with E-state index in [0.29, 0.717) is 11.5 Å². The Labute approximate surface area is 187 Å². The lowest BCUT2D eigenvalue weighted by molar-refractivity contribution is -0.145. The number of esters is 1. The summed E-state index contributed by atoms with van der Waals surface area (Å²) in [4.78, 5) is 12.7. The van der Waals surface area contributed by atoms with Gasteiger partial charge in [-0.2, -0.15) is 0 Å². The minimum atomic E-state index is -0.376. The van der Waals surface area contributed by atoms with E-state index in [-0.39, 0.29) is 36.3 Å². The summed E-state index contributed by atoms with van der Waals surface area (Å²) in [6.45, 7) is 14.5. The van der Waals surface area contributed by atoms with Crippen LogP contribution in [0.4, 0.5) is 0 Å². The second kappa shape index (κ2) is 8.40. The highest BCUT2D eigenvalue weighted by Gasteiger charge is 2.52. The normalized spacial score (nSPS) is 27.2. The monoisotopic (exact) mass is 424 g/mol. The SMILES string of the molecule is C=C(CC1CCCCC1)C(=O)OC1Cc2ccc(B3OC(C)(C)C(C)(C)O3)cc2C1C. The summed E-state index contributed by atoms with van der Waals surface area (Å²) in [5, 5.41) is 0. The van der Waals surface area contributed by atoms with Crippen molar-refractivity contribution in [2.24, 2.45) is 5.92 Å². The zero-order valence-corrected chi connectivity index (χ0v) is 19.8. The Morgan fingerprint density at radius 1 is 1.13 bits per heavy atom. The highest BCUT2D eigenvalue weighted by Crippen LogP contribution is 2.39. The van der Waals surface area contributed by atoms with Crippen LogP contribution >= 0.6 is 0 Å². The van der Waals surface area contributed by atoms with Crippen LogP contribution in [0, 0.1) is 5.92 Å². The summed E-state index contributed by atoms with van der Waals surface area (Å²) < 4.78 is 18.4. The second-order valence-electron chi connectivity index (χ2n) is 10.8. The van der Waals surface area contributed by atoms with Crippen LogP contribution in [0.5, 0.6) is 0 Å². The molecule has 2 unspecified atom stereocenters. The first kappa shape index (κ1) is 22.6. The molecule has 1 saturated heterocycles. The van der Waals surface area contributed by atoms with Gasteiger partial charge in [0.05, 0.1) is 11.2 Å². The molecule has 31 heavy (non-hydrogen) atoms. The Kier molecular flexibility index (Phi) is 6.13. The highest BCUT2D eigenvalue weighted by atomic mass is 16.7. The standard InChI is InChI=1S/C26H37BO4/c1-17(14-19-10-8-7-9-11-19)24(28)29-23-15-20-12-13-21(16-22(20)18(23)2)27-30-25(3,4)26(5,6)31-27/h12-13,16,18-19,23H,1,7-11,14-15H2,2-6H3. The fourth-order valence-electron chi connectivity index (χ4n) is 5.13. The lowest BCUT2D eigenvalue weighted by Crippen LogP contribution is -2.41. The van der Waals surface area contributed by atoms with Crippen LogP contribution in [-0.4, -0.2) is 30.4 Å². The number of ether oxygens (including phenoxy) is 1. The van der Waals surface area contributed by atoms with E-state index in [4.69, 9.17) is 14.0 Å². The number of carbonyl (C=O) groups excluding carboxylic acids is 1. The Morgan fingerprint density at radius 3 is 2.42 bits per heavy atom. The summed E-state index contributed by atoms with van der Waals surface area (Å²) in [7, 11) is -0.376. The second-order valence-corrected chi connectivity index (χ2v) is 10.8. The molecule has 1 aromatic carbocycles.